The number of methoxy groups -OCH3 is 1. The molecule has 0 aliphatic carbocycles. The van der Waals surface area contributed by atoms with Gasteiger partial charge < -0.3 is 15.0 Å². The third-order valence-electron chi connectivity index (χ3n) is 4.13. The van der Waals surface area contributed by atoms with Gasteiger partial charge in [-0.25, -0.2) is 14.7 Å². The number of hydrogen-bond donors (Lipinski definition) is 1. The molecule has 0 unspecified atom stereocenters. The van der Waals surface area contributed by atoms with Crippen LogP contribution < -0.4 is 10.1 Å². The minimum absolute atomic E-state index is 0. The van der Waals surface area contributed by atoms with E-state index in [9.17, 15) is 0 Å². The first kappa shape index (κ1) is 23.1. The predicted octanol–water partition coefficient (Wildman–Crippen LogP) is 3.86. The van der Waals surface area contributed by atoms with Crippen LogP contribution in [0.4, 0.5) is 0 Å². The van der Waals surface area contributed by atoms with Crippen LogP contribution in [0.2, 0.25) is 0 Å². The lowest BCUT2D eigenvalue weighted by Crippen LogP contribution is -2.38. The number of aromatic nitrogens is 3. The monoisotopic (exact) mass is 526 g/mol. The van der Waals surface area contributed by atoms with Crippen LogP contribution in [-0.2, 0) is 13.1 Å². The Hall–Kier alpha value is -2.14. The Kier molecular flexibility index (Phi) is 8.90. The molecule has 0 bridgehead atoms. The Morgan fingerprint density at radius 1 is 1.24 bits per heavy atom. The molecule has 9 heteroatoms. The third kappa shape index (κ3) is 6.43. The van der Waals surface area contributed by atoms with Gasteiger partial charge in [-0.3, -0.25) is 0 Å². The molecule has 1 aromatic carbocycles. The van der Waals surface area contributed by atoms with Gasteiger partial charge in [0.25, 0.3) is 0 Å². The van der Waals surface area contributed by atoms with E-state index in [2.05, 4.69) is 32.6 Å². The van der Waals surface area contributed by atoms with Crippen molar-refractivity contribution in [1.82, 2.24) is 25.0 Å². The number of halogens is 1. The number of rotatable bonds is 7. The molecule has 0 radical (unpaired) electrons. The van der Waals surface area contributed by atoms with Crippen molar-refractivity contribution in [2.75, 3.05) is 20.7 Å². The van der Waals surface area contributed by atoms with E-state index in [4.69, 9.17) is 9.73 Å². The Bertz CT molecular complexity index is 921. The van der Waals surface area contributed by atoms with Gasteiger partial charge in [-0.1, -0.05) is 0 Å². The molecule has 1 N–H and O–H groups in total. The molecule has 0 atom stereocenters. The number of hydrogen-bond acceptors (Lipinski definition) is 5. The molecule has 2 aromatic heterocycles. The van der Waals surface area contributed by atoms with Gasteiger partial charge in [0.1, 0.15) is 5.75 Å². The number of aryl methyl sites for hydroxylation is 1. The number of benzene rings is 1. The molecule has 3 aromatic rings. The molecule has 0 aliphatic rings. The van der Waals surface area contributed by atoms with Crippen LogP contribution in [0.5, 0.6) is 5.75 Å². The van der Waals surface area contributed by atoms with Crippen molar-refractivity contribution in [2.24, 2.45) is 4.99 Å². The highest BCUT2D eigenvalue weighted by molar-refractivity contribution is 14.0. The fourth-order valence-corrected chi connectivity index (χ4v) is 3.35. The molecular weight excluding hydrogens is 499 g/mol. The number of nitrogens with one attached hydrogen (secondary N) is 1. The van der Waals surface area contributed by atoms with Gasteiger partial charge in [0.15, 0.2) is 5.96 Å². The van der Waals surface area contributed by atoms with Crippen LogP contribution in [0.15, 0.2) is 46.9 Å². The summed E-state index contributed by atoms with van der Waals surface area (Å²) < 4.78 is 7.05. The maximum atomic E-state index is 5.20. The maximum absolute atomic E-state index is 5.20. The van der Waals surface area contributed by atoms with Gasteiger partial charge in [-0.15, -0.1) is 35.3 Å². The molecule has 29 heavy (non-hydrogen) atoms. The summed E-state index contributed by atoms with van der Waals surface area (Å²) in [6.45, 7) is 6.11. The number of nitrogens with zero attached hydrogens (tertiary/aromatic N) is 5. The van der Waals surface area contributed by atoms with E-state index < -0.39 is 0 Å². The average molecular weight is 526 g/mol. The van der Waals surface area contributed by atoms with Crippen LogP contribution >= 0.6 is 35.3 Å². The zero-order valence-corrected chi connectivity index (χ0v) is 20.3. The smallest absolute Gasteiger partial charge is 0.194 e. The average Bonchev–Trinajstić information content (AvgIpc) is 3.34. The summed E-state index contributed by atoms with van der Waals surface area (Å²) in [5, 5.41) is 11.1. The largest absolute Gasteiger partial charge is 0.497 e. The molecule has 2 heterocycles. The van der Waals surface area contributed by atoms with E-state index in [1.807, 2.05) is 55.2 Å². The molecule has 0 saturated carbocycles. The van der Waals surface area contributed by atoms with Gasteiger partial charge in [0.05, 0.1) is 42.3 Å². The standard InChI is InChI=1S/C20H26N6OS.HI/c1-5-21-20(25(3)13-17-14-28-15(2)23-17)22-12-16-10-11-26(24-16)18-6-8-19(27-4)9-7-18;/h6-11,14H,5,12-13H2,1-4H3,(H,21,22);1H. The van der Waals surface area contributed by atoms with Crippen LogP contribution in [-0.4, -0.2) is 46.3 Å². The second kappa shape index (κ2) is 11.1. The molecule has 0 saturated heterocycles. The van der Waals surface area contributed by atoms with E-state index in [0.717, 1.165) is 46.9 Å². The lowest BCUT2D eigenvalue weighted by molar-refractivity contribution is 0.414. The van der Waals surface area contributed by atoms with Crippen molar-refractivity contribution in [3.63, 3.8) is 0 Å². The molecule has 0 amide bonds. The van der Waals surface area contributed by atoms with Crippen molar-refractivity contribution < 1.29 is 4.74 Å². The van der Waals surface area contributed by atoms with Crippen molar-refractivity contribution >= 4 is 41.3 Å². The van der Waals surface area contributed by atoms with Gasteiger partial charge in [-0.2, -0.15) is 5.10 Å². The van der Waals surface area contributed by atoms with Crippen molar-refractivity contribution in [3.8, 4) is 11.4 Å². The van der Waals surface area contributed by atoms with E-state index in [1.54, 1.807) is 18.4 Å². The summed E-state index contributed by atoms with van der Waals surface area (Å²) in [6.07, 6.45) is 1.95. The minimum atomic E-state index is 0. The summed E-state index contributed by atoms with van der Waals surface area (Å²) >= 11 is 1.67. The first-order valence-electron chi connectivity index (χ1n) is 9.18. The van der Waals surface area contributed by atoms with Gasteiger partial charge in [0, 0.05) is 25.2 Å². The van der Waals surface area contributed by atoms with Crippen molar-refractivity contribution in [1.29, 1.82) is 0 Å². The summed E-state index contributed by atoms with van der Waals surface area (Å²) in [5.41, 5.74) is 2.95. The highest BCUT2D eigenvalue weighted by atomic mass is 127. The molecule has 7 nitrogen and oxygen atoms in total. The van der Waals surface area contributed by atoms with Gasteiger partial charge in [0.2, 0.25) is 0 Å². The van der Waals surface area contributed by atoms with Crippen LogP contribution in [0, 0.1) is 6.92 Å². The molecule has 0 spiro atoms. The Labute approximate surface area is 192 Å². The van der Waals surface area contributed by atoms with Crippen LogP contribution in [0.25, 0.3) is 5.69 Å². The minimum Gasteiger partial charge on any atom is -0.497 e. The topological polar surface area (TPSA) is 67.6 Å². The zero-order valence-electron chi connectivity index (χ0n) is 17.1. The van der Waals surface area contributed by atoms with E-state index in [0.29, 0.717) is 6.54 Å². The summed E-state index contributed by atoms with van der Waals surface area (Å²) in [7, 11) is 3.68. The number of ether oxygens (including phenoxy) is 1. The Morgan fingerprint density at radius 2 is 2.00 bits per heavy atom. The second-order valence-corrected chi connectivity index (χ2v) is 7.40. The quantitative estimate of drug-likeness (QED) is 0.288. The molecule has 3 rings (SSSR count). The normalized spacial score (nSPS) is 11.1. The molecule has 0 aliphatic heterocycles. The number of aliphatic imine (C=N–C) groups is 1. The van der Waals surface area contributed by atoms with Crippen LogP contribution in [0.1, 0.15) is 23.3 Å². The molecule has 156 valence electrons. The van der Waals surface area contributed by atoms with E-state index in [-0.39, 0.29) is 24.0 Å². The molecule has 0 fully saturated rings. The highest BCUT2D eigenvalue weighted by Crippen LogP contribution is 2.15. The van der Waals surface area contributed by atoms with E-state index in [1.165, 1.54) is 0 Å². The molecular formula is C20H27IN6OS. The Balaban J connectivity index is 0.00000300. The maximum Gasteiger partial charge on any atom is 0.194 e. The SMILES string of the molecule is CCNC(=NCc1ccn(-c2ccc(OC)cc2)n1)N(C)Cc1csc(C)n1.I. The second-order valence-electron chi connectivity index (χ2n) is 6.33. The summed E-state index contributed by atoms with van der Waals surface area (Å²) in [5.74, 6) is 1.67. The lowest BCUT2D eigenvalue weighted by atomic mass is 10.3. The number of guanidine groups is 1. The summed E-state index contributed by atoms with van der Waals surface area (Å²) in [4.78, 5) is 11.3. The van der Waals surface area contributed by atoms with Crippen LogP contribution in [0.3, 0.4) is 0 Å². The fourth-order valence-electron chi connectivity index (χ4n) is 2.75. The van der Waals surface area contributed by atoms with Crippen molar-refractivity contribution in [3.05, 3.63) is 58.3 Å². The van der Waals surface area contributed by atoms with E-state index >= 15 is 0 Å². The first-order chi connectivity index (χ1) is 13.6. The van der Waals surface area contributed by atoms with Gasteiger partial charge in [-0.05, 0) is 44.2 Å². The van der Waals surface area contributed by atoms with Crippen molar-refractivity contribution in [2.45, 2.75) is 26.9 Å². The highest BCUT2D eigenvalue weighted by Gasteiger charge is 2.09. The van der Waals surface area contributed by atoms with Gasteiger partial charge >= 0.3 is 0 Å². The predicted molar refractivity (Wildman–Crippen MR) is 129 cm³/mol. The first-order valence-corrected chi connectivity index (χ1v) is 10.1. The number of thiazole rings is 1. The zero-order chi connectivity index (χ0) is 19.9. The summed E-state index contributed by atoms with van der Waals surface area (Å²) in [6, 6.07) is 9.79. The third-order valence-corrected chi connectivity index (χ3v) is 4.96. The fraction of sp³-hybridized carbons (Fsp3) is 0.350. The lowest BCUT2D eigenvalue weighted by Gasteiger charge is -2.21. The Morgan fingerprint density at radius 3 is 2.62 bits per heavy atom.